The first-order valence-corrected chi connectivity index (χ1v) is 9.79. The third-order valence-electron chi connectivity index (χ3n) is 3.95. The molecule has 0 aromatic heterocycles. The Bertz CT molecular complexity index is 853. The molecule has 1 atom stereocenters. The van der Waals surface area contributed by atoms with Crippen molar-refractivity contribution in [2.45, 2.75) is 26.6 Å². The van der Waals surface area contributed by atoms with E-state index in [2.05, 4.69) is 10.6 Å². The van der Waals surface area contributed by atoms with Gasteiger partial charge in [0.25, 0.3) is 5.91 Å². The van der Waals surface area contributed by atoms with E-state index in [1.165, 1.54) is 6.08 Å². The van der Waals surface area contributed by atoms with Gasteiger partial charge in [-0.2, -0.15) is 0 Å². The molecule has 0 unspecified atom stereocenters. The molecule has 3 N–H and O–H groups in total. The van der Waals surface area contributed by atoms with E-state index in [9.17, 15) is 4.79 Å². The highest BCUT2D eigenvalue weighted by Gasteiger charge is 2.13. The molecule has 0 aliphatic rings. The molecule has 0 aliphatic heterocycles. The molecule has 0 saturated heterocycles. The summed E-state index contributed by atoms with van der Waals surface area (Å²) < 4.78 is 16.9. The van der Waals surface area contributed by atoms with Gasteiger partial charge in [0.05, 0.1) is 6.61 Å². The second-order valence-corrected chi connectivity index (χ2v) is 6.61. The Morgan fingerprint density at radius 1 is 1.17 bits per heavy atom. The van der Waals surface area contributed by atoms with E-state index < -0.39 is 5.91 Å². The number of nitrogens with one attached hydrogen (secondary N) is 3. The molecule has 160 valence electrons. The van der Waals surface area contributed by atoms with E-state index in [-0.39, 0.29) is 11.9 Å². The highest BCUT2D eigenvalue weighted by atomic mass is 16.5. The third-order valence-corrected chi connectivity index (χ3v) is 3.95. The average molecular weight is 412 g/mol. The summed E-state index contributed by atoms with van der Waals surface area (Å²) in [6.45, 7) is 5.33. The van der Waals surface area contributed by atoms with Gasteiger partial charge >= 0.3 is 0 Å². The molecule has 7 nitrogen and oxygen atoms in total. The molecule has 0 fully saturated rings. The Morgan fingerprint density at radius 3 is 2.60 bits per heavy atom. The number of ether oxygens (including phenoxy) is 3. The first kappa shape index (κ1) is 23.0. The SMILES string of the molecule is CCN/C=C\C(=N)NC(=O)c1cc(OCc2ccccc2)cc(O[C@@H](C)COC)c1. The maximum atomic E-state index is 12.6. The molecule has 0 heterocycles. The van der Waals surface area contributed by atoms with E-state index in [1.54, 1.807) is 31.5 Å². The first-order chi connectivity index (χ1) is 14.5. The quantitative estimate of drug-likeness (QED) is 0.389. The zero-order valence-corrected chi connectivity index (χ0v) is 17.6. The van der Waals surface area contributed by atoms with Crippen molar-refractivity contribution in [1.29, 1.82) is 5.41 Å². The van der Waals surface area contributed by atoms with Gasteiger partial charge < -0.3 is 24.8 Å². The minimum absolute atomic E-state index is 0.0215. The van der Waals surface area contributed by atoms with Gasteiger partial charge in [0.2, 0.25) is 0 Å². The van der Waals surface area contributed by atoms with Gasteiger partial charge in [-0.3, -0.25) is 10.2 Å². The number of hydrogen-bond donors (Lipinski definition) is 3. The molecule has 7 heteroatoms. The van der Waals surface area contributed by atoms with Crippen molar-refractivity contribution in [1.82, 2.24) is 10.6 Å². The fraction of sp³-hybridized carbons (Fsp3) is 0.304. The lowest BCUT2D eigenvalue weighted by atomic mass is 10.1. The number of amides is 1. The molecule has 0 bridgehead atoms. The minimum Gasteiger partial charge on any atom is -0.489 e. The van der Waals surface area contributed by atoms with Crippen molar-refractivity contribution in [3.8, 4) is 11.5 Å². The Morgan fingerprint density at radius 2 is 1.90 bits per heavy atom. The lowest BCUT2D eigenvalue weighted by molar-refractivity contribution is 0.0911. The Balaban J connectivity index is 2.17. The molecule has 2 aromatic rings. The van der Waals surface area contributed by atoms with Crippen LogP contribution in [-0.2, 0) is 11.3 Å². The Hall–Kier alpha value is -3.32. The van der Waals surface area contributed by atoms with Crippen molar-refractivity contribution >= 4 is 11.7 Å². The topological polar surface area (TPSA) is 92.7 Å². The Labute approximate surface area is 177 Å². The van der Waals surface area contributed by atoms with Gasteiger partial charge in [0, 0.05) is 31.5 Å². The number of carbonyl (C=O) groups is 1. The lowest BCUT2D eigenvalue weighted by Crippen LogP contribution is -2.29. The monoisotopic (exact) mass is 411 g/mol. The molecule has 2 rings (SSSR count). The lowest BCUT2D eigenvalue weighted by Gasteiger charge is -2.16. The highest BCUT2D eigenvalue weighted by Crippen LogP contribution is 2.25. The predicted octanol–water partition coefficient (Wildman–Crippen LogP) is 3.51. The molecule has 0 radical (unpaired) electrons. The van der Waals surface area contributed by atoms with Crippen LogP contribution >= 0.6 is 0 Å². The summed E-state index contributed by atoms with van der Waals surface area (Å²) in [5.74, 6) is 0.549. The van der Waals surface area contributed by atoms with Gasteiger partial charge in [-0.15, -0.1) is 0 Å². The maximum absolute atomic E-state index is 12.6. The fourth-order valence-electron chi connectivity index (χ4n) is 2.59. The molecule has 30 heavy (non-hydrogen) atoms. The normalized spacial score (nSPS) is 11.7. The highest BCUT2D eigenvalue weighted by molar-refractivity contribution is 6.09. The van der Waals surface area contributed by atoms with E-state index >= 15 is 0 Å². The van der Waals surface area contributed by atoms with Crippen LogP contribution in [0.3, 0.4) is 0 Å². The summed E-state index contributed by atoms with van der Waals surface area (Å²) in [4.78, 5) is 12.6. The van der Waals surface area contributed by atoms with Crippen LogP contribution in [0.1, 0.15) is 29.8 Å². The largest absolute Gasteiger partial charge is 0.489 e. The van der Waals surface area contributed by atoms with Crippen LogP contribution in [-0.4, -0.2) is 38.1 Å². The van der Waals surface area contributed by atoms with Crippen molar-refractivity contribution in [2.75, 3.05) is 20.3 Å². The second kappa shape index (κ2) is 12.3. The molecule has 0 aliphatic carbocycles. The van der Waals surface area contributed by atoms with Crippen molar-refractivity contribution < 1.29 is 19.0 Å². The summed E-state index contributed by atoms with van der Waals surface area (Å²) in [5, 5.41) is 13.4. The molecule has 1 amide bonds. The summed E-state index contributed by atoms with van der Waals surface area (Å²) in [5.41, 5.74) is 1.35. The van der Waals surface area contributed by atoms with Crippen molar-refractivity contribution in [2.24, 2.45) is 0 Å². The number of benzene rings is 2. The summed E-state index contributed by atoms with van der Waals surface area (Å²) >= 11 is 0. The van der Waals surface area contributed by atoms with E-state index in [1.807, 2.05) is 44.2 Å². The zero-order valence-electron chi connectivity index (χ0n) is 17.6. The van der Waals surface area contributed by atoms with E-state index in [0.29, 0.717) is 30.3 Å². The zero-order chi connectivity index (χ0) is 21.8. The van der Waals surface area contributed by atoms with Crippen LogP contribution in [0.4, 0.5) is 0 Å². The van der Waals surface area contributed by atoms with Crippen LogP contribution in [0.5, 0.6) is 11.5 Å². The fourth-order valence-corrected chi connectivity index (χ4v) is 2.59. The summed E-state index contributed by atoms with van der Waals surface area (Å²) in [7, 11) is 1.60. The van der Waals surface area contributed by atoms with E-state index in [4.69, 9.17) is 19.6 Å². The Kier molecular flexibility index (Phi) is 9.40. The van der Waals surface area contributed by atoms with Crippen LogP contribution in [0.2, 0.25) is 0 Å². The molecule has 2 aromatic carbocycles. The second-order valence-electron chi connectivity index (χ2n) is 6.61. The standard InChI is InChI=1S/C23H29N3O4/c1-4-25-11-10-22(24)26-23(27)19-12-20(29-16-18-8-6-5-7-9-18)14-21(13-19)30-17(2)15-28-3/h5-14,17,25H,4,15-16H2,1-3H3,(H2,24,26,27)/b11-10-/t17-/m0/s1. The van der Waals surface area contributed by atoms with Gasteiger partial charge in [-0.25, -0.2) is 0 Å². The van der Waals surface area contributed by atoms with Gasteiger partial charge in [0.15, 0.2) is 0 Å². The van der Waals surface area contributed by atoms with Crippen LogP contribution in [0.25, 0.3) is 0 Å². The number of carbonyl (C=O) groups excluding carboxylic acids is 1. The molecule has 0 saturated carbocycles. The molecule has 0 spiro atoms. The predicted molar refractivity (Wildman–Crippen MR) is 117 cm³/mol. The first-order valence-electron chi connectivity index (χ1n) is 9.79. The summed E-state index contributed by atoms with van der Waals surface area (Å²) in [6, 6.07) is 14.7. The maximum Gasteiger partial charge on any atom is 0.257 e. The number of amidine groups is 1. The molecular weight excluding hydrogens is 382 g/mol. The van der Waals surface area contributed by atoms with Crippen LogP contribution < -0.4 is 20.1 Å². The smallest absolute Gasteiger partial charge is 0.257 e. The van der Waals surface area contributed by atoms with Crippen LogP contribution in [0, 0.1) is 5.41 Å². The number of methoxy groups -OCH3 is 1. The third kappa shape index (κ3) is 7.97. The summed E-state index contributed by atoms with van der Waals surface area (Å²) in [6.07, 6.45) is 2.90. The van der Waals surface area contributed by atoms with Gasteiger partial charge in [-0.1, -0.05) is 30.3 Å². The van der Waals surface area contributed by atoms with Gasteiger partial charge in [0.1, 0.15) is 30.0 Å². The minimum atomic E-state index is -0.421. The average Bonchev–Trinajstić information content (AvgIpc) is 2.73. The number of rotatable bonds is 11. The van der Waals surface area contributed by atoms with Crippen molar-refractivity contribution in [3.63, 3.8) is 0 Å². The molecular formula is C23H29N3O4. The van der Waals surface area contributed by atoms with Gasteiger partial charge in [-0.05, 0) is 37.6 Å². The van der Waals surface area contributed by atoms with E-state index in [0.717, 1.165) is 12.1 Å². The van der Waals surface area contributed by atoms with Crippen molar-refractivity contribution in [3.05, 3.63) is 71.9 Å². The number of hydrogen-bond acceptors (Lipinski definition) is 6. The van der Waals surface area contributed by atoms with Crippen LogP contribution in [0.15, 0.2) is 60.8 Å².